The highest BCUT2D eigenvalue weighted by Gasteiger charge is 2.50. The van der Waals surface area contributed by atoms with Gasteiger partial charge < -0.3 is 9.84 Å². The Labute approximate surface area is 221 Å². The van der Waals surface area contributed by atoms with Crippen LogP contribution >= 0.6 is 0 Å². The highest BCUT2D eigenvalue weighted by molar-refractivity contribution is 5.69. The van der Waals surface area contributed by atoms with Crippen LogP contribution < -0.4 is 0 Å². The molecular weight excluding hydrogens is 444 g/mol. The Kier molecular flexibility index (Phi) is 9.88. The Morgan fingerprint density at radius 2 is 1.89 bits per heavy atom. The van der Waals surface area contributed by atoms with Crippen molar-refractivity contribution in [2.45, 2.75) is 118 Å². The number of rotatable bonds is 9. The van der Waals surface area contributed by atoms with Gasteiger partial charge in [-0.25, -0.2) is 0 Å². The van der Waals surface area contributed by atoms with Gasteiger partial charge in [0.25, 0.3) is 0 Å². The molecule has 0 aromatic rings. The zero-order valence-corrected chi connectivity index (χ0v) is 23.9. The molecule has 3 fully saturated rings. The second-order valence-corrected chi connectivity index (χ2v) is 12.7. The van der Waals surface area contributed by atoms with E-state index in [9.17, 15) is 9.90 Å². The van der Waals surface area contributed by atoms with Crippen LogP contribution in [0, 0.1) is 35.0 Å². The number of hydrogen-bond acceptors (Lipinski definition) is 3. The number of hydrogen-bond donors (Lipinski definition) is 1. The Morgan fingerprint density at radius 1 is 1.14 bits per heavy atom. The van der Waals surface area contributed by atoms with E-state index >= 15 is 0 Å². The van der Waals surface area contributed by atoms with E-state index in [1.165, 1.54) is 25.7 Å². The van der Waals surface area contributed by atoms with Crippen LogP contribution in [-0.2, 0) is 9.53 Å². The zero-order chi connectivity index (χ0) is 26.5. The molecule has 0 aliphatic heterocycles. The average molecular weight is 497 g/mol. The average Bonchev–Trinajstić information content (AvgIpc) is 3.19. The number of allylic oxidation sites excluding steroid dienone is 6. The lowest BCUT2D eigenvalue weighted by Gasteiger charge is -2.44. The molecule has 0 aromatic carbocycles. The minimum atomic E-state index is -1.40. The molecule has 3 aliphatic rings. The van der Waals surface area contributed by atoms with Crippen LogP contribution in [0.25, 0.3) is 0 Å². The topological polar surface area (TPSA) is 46.5 Å². The lowest BCUT2D eigenvalue weighted by atomic mass is 9.61. The van der Waals surface area contributed by atoms with Gasteiger partial charge in [-0.05, 0) is 85.5 Å². The second kappa shape index (κ2) is 12.3. The molecule has 3 aliphatic carbocycles. The predicted molar refractivity (Wildman–Crippen MR) is 150 cm³/mol. The molecule has 0 spiro atoms. The highest BCUT2D eigenvalue weighted by atomic mass is 16.7. The van der Waals surface area contributed by atoms with Gasteiger partial charge in [0.15, 0.2) is 0 Å². The molecule has 1 N–H and O–H groups in total. The quantitative estimate of drug-likeness (QED) is 0.197. The van der Waals surface area contributed by atoms with Crippen molar-refractivity contribution in [3.05, 3.63) is 47.6 Å². The number of unbranched alkanes of at least 4 members (excludes halogenated alkanes) is 1. The van der Waals surface area contributed by atoms with Crippen molar-refractivity contribution in [2.24, 2.45) is 35.0 Å². The number of fused-ring (bicyclic) bond motifs is 1. The van der Waals surface area contributed by atoms with E-state index in [4.69, 9.17) is 4.74 Å². The summed E-state index contributed by atoms with van der Waals surface area (Å²) in [5, 5.41) is 11.0. The number of ether oxygens (including phenoxy) is 1. The first-order chi connectivity index (χ1) is 17.0. The van der Waals surface area contributed by atoms with Crippen LogP contribution in [0.5, 0.6) is 0 Å². The van der Waals surface area contributed by atoms with E-state index in [1.54, 1.807) is 5.57 Å². The molecule has 0 bridgehead atoms. The van der Waals surface area contributed by atoms with Crippen LogP contribution in [-0.4, -0.2) is 16.9 Å². The van der Waals surface area contributed by atoms with Crippen LogP contribution in [0.3, 0.4) is 0 Å². The lowest BCUT2D eigenvalue weighted by molar-refractivity contribution is -0.213. The molecule has 0 amide bonds. The van der Waals surface area contributed by atoms with Crippen LogP contribution in [0.1, 0.15) is 112 Å². The molecule has 0 radical (unpaired) electrons. The Balaban J connectivity index is 1.73. The Hall–Kier alpha value is -1.61. The maximum Gasteiger partial charge on any atom is 0.308 e. The fraction of sp³-hybridized carbons (Fsp3) is 0.727. The van der Waals surface area contributed by atoms with Crippen molar-refractivity contribution >= 4 is 5.97 Å². The molecule has 36 heavy (non-hydrogen) atoms. The number of aliphatic hydroxyl groups is 1. The molecule has 202 valence electrons. The predicted octanol–water partition coefficient (Wildman–Crippen LogP) is 8.70. The van der Waals surface area contributed by atoms with Crippen LogP contribution in [0.4, 0.5) is 0 Å². The summed E-state index contributed by atoms with van der Waals surface area (Å²) in [4.78, 5) is 12.2. The number of esters is 1. The van der Waals surface area contributed by atoms with E-state index < -0.39 is 5.79 Å². The number of carbonyl (C=O) groups excluding carboxylic acids is 1. The molecule has 0 aromatic heterocycles. The van der Waals surface area contributed by atoms with Gasteiger partial charge in [-0.3, -0.25) is 4.79 Å². The van der Waals surface area contributed by atoms with Crippen molar-refractivity contribution in [2.75, 3.05) is 0 Å². The first-order valence-electron chi connectivity index (χ1n) is 14.7. The SMILES string of the molecule is C=C1CC[C@](O)(OC(=O)CCCC)C/C1=C/C=C1\CCC[C@]2(C)[C@@H]([C@H](C)/C=C/[C@H](C)C(C)C)CC[C@@H]12. The highest BCUT2D eigenvalue weighted by Crippen LogP contribution is 2.59. The molecular formula is C33H52O3. The van der Waals surface area contributed by atoms with Gasteiger partial charge in [-0.2, -0.15) is 0 Å². The molecule has 3 heteroatoms. The van der Waals surface area contributed by atoms with E-state index in [0.29, 0.717) is 54.8 Å². The van der Waals surface area contributed by atoms with Gasteiger partial charge in [-0.1, -0.05) is 90.0 Å². The van der Waals surface area contributed by atoms with E-state index in [1.807, 2.05) is 0 Å². The van der Waals surface area contributed by atoms with E-state index in [-0.39, 0.29) is 5.97 Å². The van der Waals surface area contributed by atoms with Crippen molar-refractivity contribution in [3.8, 4) is 0 Å². The maximum absolute atomic E-state index is 12.2. The largest absolute Gasteiger partial charge is 0.433 e. The molecule has 0 unspecified atom stereocenters. The van der Waals surface area contributed by atoms with Crippen molar-refractivity contribution in [3.63, 3.8) is 0 Å². The smallest absolute Gasteiger partial charge is 0.308 e. The maximum atomic E-state index is 12.2. The van der Waals surface area contributed by atoms with E-state index in [0.717, 1.165) is 36.3 Å². The summed E-state index contributed by atoms with van der Waals surface area (Å²) in [6.07, 6.45) is 19.3. The third-order valence-corrected chi connectivity index (χ3v) is 9.72. The normalized spacial score (nSPS) is 34.9. The van der Waals surface area contributed by atoms with Gasteiger partial charge in [-0.15, -0.1) is 0 Å². The lowest BCUT2D eigenvalue weighted by Crippen LogP contribution is -2.38. The monoisotopic (exact) mass is 496 g/mol. The second-order valence-electron chi connectivity index (χ2n) is 12.7. The third-order valence-electron chi connectivity index (χ3n) is 9.72. The minimum Gasteiger partial charge on any atom is -0.433 e. The summed E-state index contributed by atoms with van der Waals surface area (Å²) >= 11 is 0. The van der Waals surface area contributed by atoms with Gasteiger partial charge in [0.2, 0.25) is 5.79 Å². The third kappa shape index (κ3) is 6.82. The Bertz CT molecular complexity index is 877. The zero-order valence-electron chi connectivity index (χ0n) is 23.9. The van der Waals surface area contributed by atoms with Gasteiger partial charge >= 0.3 is 5.97 Å². The molecule has 3 nitrogen and oxygen atoms in total. The fourth-order valence-corrected chi connectivity index (χ4v) is 6.92. The fourth-order valence-electron chi connectivity index (χ4n) is 6.92. The minimum absolute atomic E-state index is 0.296. The summed E-state index contributed by atoms with van der Waals surface area (Å²) in [5.41, 5.74) is 4.00. The van der Waals surface area contributed by atoms with Gasteiger partial charge in [0, 0.05) is 19.3 Å². The van der Waals surface area contributed by atoms with Gasteiger partial charge in [0.05, 0.1) is 0 Å². The van der Waals surface area contributed by atoms with Gasteiger partial charge in [0.1, 0.15) is 0 Å². The Morgan fingerprint density at radius 3 is 2.58 bits per heavy atom. The summed E-state index contributed by atoms with van der Waals surface area (Å²) in [5.74, 6) is 1.58. The van der Waals surface area contributed by atoms with Crippen molar-refractivity contribution < 1.29 is 14.6 Å². The first kappa shape index (κ1) is 29.0. The van der Waals surface area contributed by atoms with Crippen LogP contribution in [0.2, 0.25) is 0 Å². The molecule has 3 rings (SSSR count). The number of carbonyl (C=O) groups is 1. The van der Waals surface area contributed by atoms with E-state index in [2.05, 4.69) is 72.4 Å². The first-order valence-corrected chi connectivity index (χ1v) is 14.7. The van der Waals surface area contributed by atoms with Crippen molar-refractivity contribution in [1.29, 1.82) is 0 Å². The molecule has 0 heterocycles. The van der Waals surface area contributed by atoms with Crippen LogP contribution in [0.15, 0.2) is 47.6 Å². The standard InChI is InChI=1S/C33H52O3/c1-8-9-12-31(34)36-33(35)21-19-25(5)28(22-33)16-15-27-11-10-20-32(7)29(17-18-30(27)32)26(6)14-13-24(4)23(2)3/h13-16,23-24,26,29-30,35H,5,8-12,17-22H2,1-4,6-7H3/b14-13+,27-15+,28-16-/t24-,26+,29+,30-,32+,33-/m0/s1. The summed E-state index contributed by atoms with van der Waals surface area (Å²) in [6, 6.07) is 0. The molecule has 0 saturated heterocycles. The van der Waals surface area contributed by atoms with Crippen molar-refractivity contribution in [1.82, 2.24) is 0 Å². The molecule has 3 saturated carbocycles. The summed E-state index contributed by atoms with van der Waals surface area (Å²) < 4.78 is 5.54. The molecule has 6 atom stereocenters. The summed E-state index contributed by atoms with van der Waals surface area (Å²) in [7, 11) is 0. The summed E-state index contributed by atoms with van der Waals surface area (Å²) in [6.45, 7) is 18.2.